The first-order valence-corrected chi connectivity index (χ1v) is 22.5. The van der Waals surface area contributed by atoms with Crippen molar-refractivity contribution in [3.8, 4) is 45.4 Å². The first-order valence-electron chi connectivity index (χ1n) is 22.5. The second-order valence-corrected chi connectivity index (χ2v) is 18.1. The summed E-state index contributed by atoms with van der Waals surface area (Å²) < 4.78 is 7.31. The topological polar surface area (TPSA) is 38.6 Å². The van der Waals surface area contributed by atoms with Crippen molar-refractivity contribution < 1.29 is 0 Å². The third-order valence-electron chi connectivity index (χ3n) is 13.6. The maximum atomic E-state index is 12.3. The van der Waals surface area contributed by atoms with E-state index in [1.54, 1.807) is 0 Å². The molecule has 3 aromatic heterocycles. The summed E-state index contributed by atoms with van der Waals surface area (Å²) in [6, 6.07) is 65.2. The molecule has 0 aliphatic heterocycles. The summed E-state index contributed by atoms with van der Waals surface area (Å²) in [4.78, 5) is 0. The van der Waals surface area contributed by atoms with E-state index in [9.17, 15) is 5.26 Å². The highest BCUT2D eigenvalue weighted by molar-refractivity contribution is 6.16. The number of nitriles is 1. The molecule has 0 unspecified atom stereocenters. The van der Waals surface area contributed by atoms with Crippen molar-refractivity contribution in [1.82, 2.24) is 13.7 Å². The van der Waals surface area contributed by atoms with Crippen LogP contribution in [0.5, 0.6) is 0 Å². The fraction of sp³-hybridized carbons (Fsp3) is 0.0984. The highest BCUT2D eigenvalue weighted by atomic mass is 15.1. The Bertz CT molecular complexity index is 3630. The van der Waals surface area contributed by atoms with Gasteiger partial charge in [-0.3, -0.25) is 0 Å². The fourth-order valence-corrected chi connectivity index (χ4v) is 10.7. The summed E-state index contributed by atoms with van der Waals surface area (Å²) in [6.45, 7) is 13.0. The molecule has 0 radical (unpaired) electrons. The van der Waals surface area contributed by atoms with Crippen LogP contribution < -0.4 is 0 Å². The lowest BCUT2D eigenvalue weighted by atomic mass is 9.88. The number of fused-ring (bicyclic) bond motifs is 9. The standard InChI is InChI=1S/C61H46N4/c1-36-17-23-51-44(29-36)45-30-37(2)18-24-52(45)63(51)59-50(35-62)60(64-53-25-19-38(3)31-46(53)47-32-39(4)20-26-54(47)64)58(43-15-11-8-12-16-43)61(57(59)42-13-9-7-10-14-42)65-55-27-21-40(5)33-48(55)49-34-41(6)22-28-56(49)65/h7-34H,1-6H3. The predicted molar refractivity (Wildman–Crippen MR) is 273 cm³/mol. The van der Waals surface area contributed by atoms with E-state index in [1.807, 2.05) is 0 Å². The molecule has 0 fully saturated rings. The van der Waals surface area contributed by atoms with Crippen LogP contribution in [0.3, 0.4) is 0 Å². The second kappa shape index (κ2) is 14.5. The lowest BCUT2D eigenvalue weighted by molar-refractivity contribution is 1.09. The molecule has 0 N–H and O–H groups in total. The molecule has 0 bridgehead atoms. The number of hydrogen-bond donors (Lipinski definition) is 0. The summed E-state index contributed by atoms with van der Waals surface area (Å²) in [5.41, 5.74) is 20.9. The van der Waals surface area contributed by atoms with Gasteiger partial charge in [-0.05, 0) is 125 Å². The van der Waals surface area contributed by atoms with Crippen molar-refractivity contribution in [2.24, 2.45) is 0 Å². The van der Waals surface area contributed by atoms with Crippen LogP contribution >= 0.6 is 0 Å². The molecule has 3 heterocycles. The van der Waals surface area contributed by atoms with E-state index in [0.29, 0.717) is 5.56 Å². The summed E-state index contributed by atoms with van der Waals surface area (Å²) in [7, 11) is 0. The lowest BCUT2D eigenvalue weighted by Crippen LogP contribution is -2.13. The molecule has 12 aromatic rings. The number of aryl methyl sites for hydroxylation is 6. The summed E-state index contributed by atoms with van der Waals surface area (Å²) in [5, 5.41) is 19.4. The third-order valence-corrected chi connectivity index (χ3v) is 13.6. The Hall–Kier alpha value is -8.13. The van der Waals surface area contributed by atoms with Crippen LogP contribution in [0.1, 0.15) is 38.9 Å². The molecule has 65 heavy (non-hydrogen) atoms. The zero-order valence-electron chi connectivity index (χ0n) is 37.5. The number of rotatable bonds is 5. The monoisotopic (exact) mass is 834 g/mol. The van der Waals surface area contributed by atoms with Crippen molar-refractivity contribution in [2.75, 3.05) is 0 Å². The Kier molecular flexibility index (Phi) is 8.57. The maximum absolute atomic E-state index is 12.3. The van der Waals surface area contributed by atoms with E-state index in [0.717, 1.165) is 94.0 Å². The SMILES string of the molecule is Cc1ccc2c(c1)c1cc(C)ccc1n2-c1c(C#N)c(-n2c3ccc(C)cc3c3cc(C)ccc32)c(-c2ccccc2)c(-n2c3ccc(C)cc3c3cc(C)ccc32)c1-c1ccccc1. The molecule has 0 atom stereocenters. The quantitative estimate of drug-likeness (QED) is 0.170. The second-order valence-electron chi connectivity index (χ2n) is 18.1. The van der Waals surface area contributed by atoms with Gasteiger partial charge in [-0.2, -0.15) is 5.26 Å². The first kappa shape index (κ1) is 38.5. The van der Waals surface area contributed by atoms with Crippen LogP contribution in [-0.2, 0) is 0 Å². The van der Waals surface area contributed by atoms with Crippen molar-refractivity contribution in [2.45, 2.75) is 41.5 Å². The summed E-state index contributed by atoms with van der Waals surface area (Å²) >= 11 is 0. The van der Waals surface area contributed by atoms with Gasteiger partial charge < -0.3 is 13.7 Å². The van der Waals surface area contributed by atoms with E-state index in [2.05, 4.69) is 231 Å². The van der Waals surface area contributed by atoms with Gasteiger partial charge in [0.05, 0.1) is 50.2 Å². The van der Waals surface area contributed by atoms with Crippen LogP contribution in [0.4, 0.5) is 0 Å². The number of aromatic nitrogens is 3. The summed E-state index contributed by atoms with van der Waals surface area (Å²) in [6.07, 6.45) is 0. The molecule has 0 saturated carbocycles. The molecular weight excluding hydrogens is 789 g/mol. The molecule has 9 aromatic carbocycles. The Morgan fingerprint density at radius 2 is 0.554 bits per heavy atom. The maximum Gasteiger partial charge on any atom is 0.104 e. The average Bonchev–Trinajstić information content (AvgIpc) is 3.92. The Morgan fingerprint density at radius 1 is 0.308 bits per heavy atom. The Balaban J connectivity index is 1.45. The van der Waals surface area contributed by atoms with Crippen molar-refractivity contribution in [3.63, 3.8) is 0 Å². The number of benzene rings is 9. The molecule has 4 heteroatoms. The molecule has 4 nitrogen and oxygen atoms in total. The van der Waals surface area contributed by atoms with Gasteiger partial charge in [0.25, 0.3) is 0 Å². The molecule has 0 aliphatic rings. The highest BCUT2D eigenvalue weighted by Gasteiger charge is 2.33. The molecule has 12 rings (SSSR count). The smallest absolute Gasteiger partial charge is 0.104 e. The Morgan fingerprint density at radius 3 is 0.800 bits per heavy atom. The van der Waals surface area contributed by atoms with Gasteiger partial charge in [-0.15, -0.1) is 0 Å². The molecule has 0 aliphatic carbocycles. The van der Waals surface area contributed by atoms with Crippen LogP contribution in [0.15, 0.2) is 170 Å². The minimum atomic E-state index is 0.596. The third kappa shape index (κ3) is 5.75. The van der Waals surface area contributed by atoms with Crippen molar-refractivity contribution in [3.05, 3.63) is 209 Å². The summed E-state index contributed by atoms with van der Waals surface area (Å²) in [5.74, 6) is 0. The van der Waals surface area contributed by atoms with E-state index in [1.165, 1.54) is 44.2 Å². The molecule has 0 amide bonds. The predicted octanol–water partition coefficient (Wildman–Crippen LogP) is 16.0. The zero-order chi connectivity index (χ0) is 44.2. The van der Waals surface area contributed by atoms with Gasteiger partial charge in [0.15, 0.2) is 0 Å². The van der Waals surface area contributed by atoms with Gasteiger partial charge in [-0.25, -0.2) is 0 Å². The molecule has 0 spiro atoms. The fourth-order valence-electron chi connectivity index (χ4n) is 10.7. The van der Waals surface area contributed by atoms with Crippen molar-refractivity contribution >= 4 is 65.4 Å². The van der Waals surface area contributed by atoms with Gasteiger partial charge in [-0.1, -0.05) is 130 Å². The number of hydrogen-bond acceptors (Lipinski definition) is 1. The van der Waals surface area contributed by atoms with Crippen LogP contribution in [0, 0.1) is 52.9 Å². The largest absolute Gasteiger partial charge is 0.308 e. The van der Waals surface area contributed by atoms with Gasteiger partial charge in [0.1, 0.15) is 11.6 Å². The van der Waals surface area contributed by atoms with Gasteiger partial charge >= 0.3 is 0 Å². The first-order chi connectivity index (χ1) is 31.7. The van der Waals surface area contributed by atoms with Gasteiger partial charge in [0.2, 0.25) is 0 Å². The lowest BCUT2D eigenvalue weighted by Gasteiger charge is -2.28. The number of nitrogens with zero attached hydrogens (tertiary/aromatic N) is 4. The zero-order valence-corrected chi connectivity index (χ0v) is 37.5. The molecule has 310 valence electrons. The van der Waals surface area contributed by atoms with Crippen LogP contribution in [-0.4, -0.2) is 13.7 Å². The van der Waals surface area contributed by atoms with E-state index < -0.39 is 0 Å². The van der Waals surface area contributed by atoms with E-state index in [-0.39, 0.29) is 0 Å². The minimum absolute atomic E-state index is 0.596. The normalized spacial score (nSPS) is 11.8. The van der Waals surface area contributed by atoms with Crippen LogP contribution in [0.25, 0.3) is 105 Å². The van der Waals surface area contributed by atoms with Crippen LogP contribution in [0.2, 0.25) is 0 Å². The van der Waals surface area contributed by atoms with Gasteiger partial charge in [0, 0.05) is 43.4 Å². The minimum Gasteiger partial charge on any atom is -0.308 e. The highest BCUT2D eigenvalue weighted by Crippen LogP contribution is 2.52. The van der Waals surface area contributed by atoms with Crippen molar-refractivity contribution in [1.29, 1.82) is 5.26 Å². The molecular formula is C61H46N4. The van der Waals surface area contributed by atoms with E-state index in [4.69, 9.17) is 0 Å². The Labute approximate surface area is 378 Å². The average molecular weight is 835 g/mol. The van der Waals surface area contributed by atoms with E-state index >= 15 is 0 Å². The molecule has 0 saturated heterocycles.